The van der Waals surface area contributed by atoms with Crippen molar-refractivity contribution >= 4 is 37.3 Å². The van der Waals surface area contributed by atoms with Gasteiger partial charge in [0.25, 0.3) is 15.9 Å². The van der Waals surface area contributed by atoms with Crippen molar-refractivity contribution < 1.29 is 21.6 Å². The third-order valence-electron chi connectivity index (χ3n) is 6.14. The zero-order valence-corrected chi connectivity index (χ0v) is 21.8. The summed E-state index contributed by atoms with van der Waals surface area (Å²) in [5.74, 6) is -0.447. The van der Waals surface area contributed by atoms with E-state index in [2.05, 4.69) is 10.0 Å². The fourth-order valence-corrected chi connectivity index (χ4v) is 6.60. The van der Waals surface area contributed by atoms with Crippen LogP contribution in [-0.4, -0.2) is 40.1 Å². The molecule has 0 unspecified atom stereocenters. The Bertz CT molecular complexity index is 1460. The molecule has 4 rings (SSSR count). The highest BCUT2D eigenvalue weighted by Crippen LogP contribution is 2.24. The zero-order chi connectivity index (χ0) is 25.9. The van der Waals surface area contributed by atoms with E-state index >= 15 is 0 Å². The minimum absolute atomic E-state index is 0.127. The molecule has 1 heterocycles. The average Bonchev–Trinajstić information content (AvgIpc) is 2.86. The average molecular weight is 528 g/mol. The molecule has 190 valence electrons. The Morgan fingerprint density at radius 2 is 1.39 bits per heavy atom. The fourth-order valence-electron chi connectivity index (χ4n) is 3.96. The number of benzene rings is 3. The molecule has 1 aliphatic heterocycles. The van der Waals surface area contributed by atoms with Gasteiger partial charge in [-0.15, -0.1) is 0 Å². The summed E-state index contributed by atoms with van der Waals surface area (Å²) in [6.07, 6.45) is 2.74. The minimum atomic E-state index is -3.82. The summed E-state index contributed by atoms with van der Waals surface area (Å²) < 4.78 is 55.3. The van der Waals surface area contributed by atoms with E-state index < -0.39 is 26.0 Å². The maximum atomic E-state index is 12.9. The smallest absolute Gasteiger partial charge is 0.261 e. The molecule has 0 aromatic heterocycles. The van der Waals surface area contributed by atoms with Crippen LogP contribution in [-0.2, 0) is 20.0 Å². The van der Waals surface area contributed by atoms with Gasteiger partial charge in [0, 0.05) is 24.3 Å². The largest absolute Gasteiger partial charge is 0.322 e. The first-order chi connectivity index (χ1) is 17.1. The van der Waals surface area contributed by atoms with Crippen LogP contribution >= 0.6 is 0 Å². The SMILES string of the molecule is Cc1ccc(S(=O)(=O)Nc2cc(C(=O)Nc3ccc(S(=O)(=O)N4CCCCC4)cc3)ccc2C)cc1. The van der Waals surface area contributed by atoms with Crippen molar-refractivity contribution in [3.63, 3.8) is 0 Å². The van der Waals surface area contributed by atoms with Gasteiger partial charge in [0.2, 0.25) is 10.0 Å². The maximum absolute atomic E-state index is 12.9. The molecule has 1 amide bonds. The predicted octanol–water partition coefficient (Wildman–Crippen LogP) is 4.53. The van der Waals surface area contributed by atoms with Crippen LogP contribution in [0.2, 0.25) is 0 Å². The summed E-state index contributed by atoms with van der Waals surface area (Å²) in [6.45, 7) is 4.65. The van der Waals surface area contributed by atoms with Crippen LogP contribution in [0.3, 0.4) is 0 Å². The summed E-state index contributed by atoms with van der Waals surface area (Å²) in [6, 6.07) is 17.3. The highest BCUT2D eigenvalue weighted by Gasteiger charge is 2.25. The molecule has 0 atom stereocenters. The lowest BCUT2D eigenvalue weighted by Gasteiger charge is -2.25. The van der Waals surface area contributed by atoms with E-state index in [4.69, 9.17) is 0 Å². The molecule has 1 aliphatic rings. The van der Waals surface area contributed by atoms with E-state index in [9.17, 15) is 21.6 Å². The first-order valence-electron chi connectivity index (χ1n) is 11.7. The van der Waals surface area contributed by atoms with Gasteiger partial charge in [-0.05, 0) is 80.8 Å². The number of anilines is 2. The highest BCUT2D eigenvalue weighted by atomic mass is 32.2. The molecule has 36 heavy (non-hydrogen) atoms. The van der Waals surface area contributed by atoms with Gasteiger partial charge < -0.3 is 5.32 Å². The maximum Gasteiger partial charge on any atom is 0.261 e. The number of carbonyl (C=O) groups is 1. The van der Waals surface area contributed by atoms with E-state index in [-0.39, 0.29) is 15.4 Å². The van der Waals surface area contributed by atoms with Crippen molar-refractivity contribution in [2.45, 2.75) is 42.9 Å². The van der Waals surface area contributed by atoms with Gasteiger partial charge in [0.05, 0.1) is 15.5 Å². The summed E-state index contributed by atoms with van der Waals surface area (Å²) >= 11 is 0. The third kappa shape index (κ3) is 5.77. The number of amides is 1. The van der Waals surface area contributed by atoms with Crippen molar-refractivity contribution in [1.82, 2.24) is 4.31 Å². The van der Waals surface area contributed by atoms with Crippen LogP contribution in [0.25, 0.3) is 0 Å². The van der Waals surface area contributed by atoms with Crippen LogP contribution in [0, 0.1) is 13.8 Å². The van der Waals surface area contributed by atoms with E-state index in [1.54, 1.807) is 43.3 Å². The van der Waals surface area contributed by atoms with Gasteiger partial charge >= 0.3 is 0 Å². The Kier molecular flexibility index (Phi) is 7.49. The number of aryl methyl sites for hydroxylation is 2. The number of hydrogen-bond donors (Lipinski definition) is 2. The van der Waals surface area contributed by atoms with Gasteiger partial charge in [0.1, 0.15) is 0 Å². The monoisotopic (exact) mass is 527 g/mol. The van der Waals surface area contributed by atoms with E-state index in [1.165, 1.54) is 34.6 Å². The van der Waals surface area contributed by atoms with Crippen molar-refractivity contribution in [2.75, 3.05) is 23.1 Å². The standard InChI is InChI=1S/C26H29N3O5S2/c1-19-6-12-23(13-7-19)35(31,32)28-25-18-21(9-8-20(25)2)26(30)27-22-10-14-24(15-11-22)36(33,34)29-16-4-3-5-17-29/h6-15,18,28H,3-5,16-17H2,1-2H3,(H,27,30). The van der Waals surface area contributed by atoms with E-state index in [0.717, 1.165) is 24.8 Å². The number of nitrogens with one attached hydrogen (secondary N) is 2. The van der Waals surface area contributed by atoms with Crippen molar-refractivity contribution in [3.8, 4) is 0 Å². The van der Waals surface area contributed by atoms with Crippen LogP contribution in [0.4, 0.5) is 11.4 Å². The number of carbonyl (C=O) groups excluding carboxylic acids is 1. The molecule has 3 aromatic rings. The Morgan fingerprint density at radius 3 is 2.03 bits per heavy atom. The second-order valence-electron chi connectivity index (χ2n) is 8.89. The molecular weight excluding hydrogens is 498 g/mol. The molecule has 1 saturated heterocycles. The minimum Gasteiger partial charge on any atom is -0.322 e. The first kappa shape index (κ1) is 25.9. The summed E-state index contributed by atoms with van der Waals surface area (Å²) in [4.78, 5) is 13.2. The van der Waals surface area contributed by atoms with Crippen LogP contribution < -0.4 is 10.0 Å². The molecule has 1 fully saturated rings. The van der Waals surface area contributed by atoms with Crippen LogP contribution in [0.15, 0.2) is 76.5 Å². The van der Waals surface area contributed by atoms with E-state index in [1.807, 2.05) is 6.92 Å². The quantitative estimate of drug-likeness (QED) is 0.469. The lowest BCUT2D eigenvalue weighted by atomic mass is 10.1. The van der Waals surface area contributed by atoms with Gasteiger partial charge in [-0.1, -0.05) is 30.2 Å². The predicted molar refractivity (Wildman–Crippen MR) is 140 cm³/mol. The van der Waals surface area contributed by atoms with Gasteiger partial charge in [-0.3, -0.25) is 9.52 Å². The summed E-state index contributed by atoms with van der Waals surface area (Å²) in [5.41, 5.74) is 2.59. The number of hydrogen-bond acceptors (Lipinski definition) is 5. The second-order valence-corrected chi connectivity index (χ2v) is 12.5. The second kappa shape index (κ2) is 10.4. The number of nitrogens with zero attached hydrogens (tertiary/aromatic N) is 1. The molecule has 0 saturated carbocycles. The molecular formula is C26H29N3O5S2. The van der Waals surface area contributed by atoms with Crippen molar-refractivity contribution in [2.24, 2.45) is 0 Å². The third-order valence-corrected chi connectivity index (χ3v) is 9.43. The normalized spacial score (nSPS) is 14.8. The molecule has 2 N–H and O–H groups in total. The molecule has 0 spiro atoms. The highest BCUT2D eigenvalue weighted by molar-refractivity contribution is 7.92. The fraction of sp³-hybridized carbons (Fsp3) is 0.269. The zero-order valence-electron chi connectivity index (χ0n) is 20.2. The van der Waals surface area contributed by atoms with Crippen LogP contribution in [0.5, 0.6) is 0 Å². The summed E-state index contributed by atoms with van der Waals surface area (Å²) in [7, 11) is -7.38. The molecule has 0 radical (unpaired) electrons. The molecule has 0 aliphatic carbocycles. The Morgan fingerprint density at radius 1 is 0.778 bits per heavy atom. The van der Waals surface area contributed by atoms with Gasteiger partial charge in [0.15, 0.2) is 0 Å². The molecule has 8 nitrogen and oxygen atoms in total. The van der Waals surface area contributed by atoms with Crippen LogP contribution in [0.1, 0.15) is 40.7 Å². The number of rotatable bonds is 7. The van der Waals surface area contributed by atoms with Crippen molar-refractivity contribution in [1.29, 1.82) is 0 Å². The molecule has 0 bridgehead atoms. The Balaban J connectivity index is 1.48. The lowest BCUT2D eigenvalue weighted by Crippen LogP contribution is -2.35. The van der Waals surface area contributed by atoms with E-state index in [0.29, 0.717) is 30.0 Å². The van der Waals surface area contributed by atoms with Gasteiger partial charge in [-0.25, -0.2) is 16.8 Å². The summed E-state index contributed by atoms with van der Waals surface area (Å²) in [5, 5.41) is 2.74. The van der Waals surface area contributed by atoms with Gasteiger partial charge in [-0.2, -0.15) is 4.31 Å². The number of piperidine rings is 1. The molecule has 10 heteroatoms. The lowest BCUT2D eigenvalue weighted by molar-refractivity contribution is 0.102. The first-order valence-corrected chi connectivity index (χ1v) is 14.6. The number of sulfonamides is 2. The Hall–Kier alpha value is -3.21. The Labute approximate surface area is 212 Å². The van der Waals surface area contributed by atoms with Crippen molar-refractivity contribution in [3.05, 3.63) is 83.4 Å². The molecule has 3 aromatic carbocycles. The topological polar surface area (TPSA) is 113 Å².